The van der Waals surface area contributed by atoms with Gasteiger partial charge in [-0.25, -0.2) is 0 Å². The Labute approximate surface area is 94.8 Å². The average molecular weight is 218 g/mol. The maximum Gasteiger partial charge on any atom is 0.141 e. The third kappa shape index (κ3) is 2.15. The lowest BCUT2D eigenvalue weighted by Crippen LogP contribution is -2.17. The van der Waals surface area contributed by atoms with Gasteiger partial charge in [0.25, 0.3) is 0 Å². The van der Waals surface area contributed by atoms with Gasteiger partial charge in [0.1, 0.15) is 23.5 Å². The second-order valence-electron chi connectivity index (χ2n) is 3.94. The van der Waals surface area contributed by atoms with Crippen LogP contribution < -0.4 is 4.74 Å². The van der Waals surface area contributed by atoms with Crippen molar-refractivity contribution >= 4 is 0 Å². The number of rotatable bonds is 2. The van der Waals surface area contributed by atoms with Crippen molar-refractivity contribution in [1.29, 1.82) is 5.26 Å². The highest BCUT2D eigenvalue weighted by atomic mass is 16.5. The van der Waals surface area contributed by atoms with Gasteiger partial charge in [-0.3, -0.25) is 4.98 Å². The minimum atomic E-state index is 0.0632. The van der Waals surface area contributed by atoms with Crippen LogP contribution >= 0.6 is 0 Å². The summed E-state index contributed by atoms with van der Waals surface area (Å²) in [5.41, 5.74) is 2.11. The number of pyridine rings is 1. The van der Waals surface area contributed by atoms with Gasteiger partial charge in [0.2, 0.25) is 0 Å². The van der Waals surface area contributed by atoms with Crippen LogP contribution in [0.15, 0.2) is 6.07 Å². The summed E-state index contributed by atoms with van der Waals surface area (Å²) in [5.74, 6) is 0.628. The van der Waals surface area contributed by atoms with Gasteiger partial charge in [0.15, 0.2) is 0 Å². The number of hydrogen-bond donors (Lipinski definition) is 0. The van der Waals surface area contributed by atoms with Crippen LogP contribution in [0, 0.1) is 25.2 Å². The number of ether oxygens (including phenoxy) is 2. The molecule has 1 aromatic rings. The van der Waals surface area contributed by atoms with Gasteiger partial charge in [0.05, 0.1) is 18.9 Å². The Bertz CT molecular complexity index is 431. The van der Waals surface area contributed by atoms with Crippen LogP contribution in [0.5, 0.6) is 5.75 Å². The molecule has 0 N–H and O–H groups in total. The van der Waals surface area contributed by atoms with E-state index in [-0.39, 0.29) is 6.10 Å². The second kappa shape index (κ2) is 4.50. The highest BCUT2D eigenvalue weighted by Crippen LogP contribution is 2.24. The average Bonchev–Trinajstić information content (AvgIpc) is 2.70. The fourth-order valence-electron chi connectivity index (χ4n) is 1.81. The summed E-state index contributed by atoms with van der Waals surface area (Å²) in [5, 5.41) is 9.06. The molecule has 16 heavy (non-hydrogen) atoms. The molecule has 1 fully saturated rings. The normalized spacial score (nSPS) is 19.4. The molecule has 84 valence electrons. The fraction of sp³-hybridized carbons (Fsp3) is 0.500. The number of aromatic nitrogens is 1. The molecule has 1 aliphatic heterocycles. The predicted molar refractivity (Wildman–Crippen MR) is 58.3 cm³/mol. The van der Waals surface area contributed by atoms with Crippen LogP contribution in [0.25, 0.3) is 0 Å². The molecule has 2 heterocycles. The molecule has 1 atom stereocenters. The molecule has 0 aromatic carbocycles. The van der Waals surface area contributed by atoms with Gasteiger partial charge in [-0.2, -0.15) is 5.26 Å². The lowest BCUT2D eigenvalue weighted by molar-refractivity contribution is 0.141. The molecule has 1 aliphatic rings. The van der Waals surface area contributed by atoms with Crippen LogP contribution in [0.4, 0.5) is 0 Å². The van der Waals surface area contributed by atoms with Gasteiger partial charge >= 0.3 is 0 Å². The monoisotopic (exact) mass is 218 g/mol. The Hall–Kier alpha value is -1.60. The van der Waals surface area contributed by atoms with Crippen molar-refractivity contribution in [3.05, 3.63) is 23.0 Å². The molecule has 2 rings (SSSR count). The largest absolute Gasteiger partial charge is 0.486 e. The smallest absolute Gasteiger partial charge is 0.141 e. The van der Waals surface area contributed by atoms with Crippen molar-refractivity contribution in [1.82, 2.24) is 4.98 Å². The second-order valence-corrected chi connectivity index (χ2v) is 3.94. The summed E-state index contributed by atoms with van der Waals surface area (Å²) < 4.78 is 11.0. The first-order valence-electron chi connectivity index (χ1n) is 5.33. The number of nitrogens with zero attached hydrogens (tertiary/aromatic N) is 2. The molecule has 0 amide bonds. The molecule has 0 saturated carbocycles. The zero-order valence-corrected chi connectivity index (χ0v) is 9.49. The Balaban J connectivity index is 2.28. The standard InChI is InChI=1S/C12H14N2O2/c1-8-5-12(11(6-13)9(2)14-8)16-10-3-4-15-7-10/h5,10H,3-4,7H2,1-2H3. The van der Waals surface area contributed by atoms with Crippen LogP contribution in [-0.4, -0.2) is 24.3 Å². The minimum Gasteiger partial charge on any atom is -0.486 e. The molecule has 4 nitrogen and oxygen atoms in total. The molecular weight excluding hydrogens is 204 g/mol. The Kier molecular flexibility index (Phi) is 3.07. The number of hydrogen-bond acceptors (Lipinski definition) is 4. The van der Waals surface area contributed by atoms with Gasteiger partial charge < -0.3 is 9.47 Å². The minimum absolute atomic E-state index is 0.0632. The highest BCUT2D eigenvalue weighted by molar-refractivity contribution is 5.46. The third-order valence-electron chi connectivity index (χ3n) is 2.59. The topological polar surface area (TPSA) is 55.1 Å². The SMILES string of the molecule is Cc1cc(OC2CCOC2)c(C#N)c(C)n1. The van der Waals surface area contributed by atoms with Crippen molar-refractivity contribution in [2.24, 2.45) is 0 Å². The number of nitriles is 1. The lowest BCUT2D eigenvalue weighted by atomic mass is 10.2. The first kappa shape index (κ1) is 10.9. The van der Waals surface area contributed by atoms with Crippen molar-refractivity contribution < 1.29 is 9.47 Å². The molecule has 1 unspecified atom stereocenters. The Morgan fingerprint density at radius 2 is 2.38 bits per heavy atom. The van der Waals surface area contributed by atoms with Gasteiger partial charge in [0, 0.05) is 18.2 Å². The fourth-order valence-corrected chi connectivity index (χ4v) is 1.81. The summed E-state index contributed by atoms with van der Waals surface area (Å²) in [4.78, 5) is 4.25. The van der Waals surface area contributed by atoms with Crippen LogP contribution in [0.3, 0.4) is 0 Å². The van der Waals surface area contributed by atoms with Crippen LogP contribution in [0.1, 0.15) is 23.4 Å². The molecule has 0 spiro atoms. The summed E-state index contributed by atoms with van der Waals surface area (Å²) in [6.07, 6.45) is 0.943. The first-order chi connectivity index (χ1) is 7.70. The van der Waals surface area contributed by atoms with Gasteiger partial charge in [-0.15, -0.1) is 0 Å². The Morgan fingerprint density at radius 3 is 3.00 bits per heavy atom. The summed E-state index contributed by atoms with van der Waals surface area (Å²) in [7, 11) is 0. The van der Waals surface area contributed by atoms with E-state index in [9.17, 15) is 0 Å². The van der Waals surface area contributed by atoms with E-state index in [1.54, 1.807) is 0 Å². The summed E-state index contributed by atoms with van der Waals surface area (Å²) in [6.45, 7) is 5.05. The molecular formula is C12H14N2O2. The van der Waals surface area contributed by atoms with Crippen molar-refractivity contribution in [2.75, 3.05) is 13.2 Å². The molecule has 0 bridgehead atoms. The van der Waals surface area contributed by atoms with Crippen molar-refractivity contribution in [3.63, 3.8) is 0 Å². The quantitative estimate of drug-likeness (QED) is 0.758. The van der Waals surface area contributed by atoms with Gasteiger partial charge in [-0.1, -0.05) is 0 Å². The van der Waals surface area contributed by atoms with E-state index in [0.29, 0.717) is 17.9 Å². The molecule has 1 saturated heterocycles. The van der Waals surface area contributed by atoms with E-state index in [1.807, 2.05) is 19.9 Å². The maximum atomic E-state index is 9.06. The lowest BCUT2D eigenvalue weighted by Gasteiger charge is -2.14. The molecule has 1 aromatic heterocycles. The summed E-state index contributed by atoms with van der Waals surface area (Å²) >= 11 is 0. The first-order valence-corrected chi connectivity index (χ1v) is 5.33. The predicted octanol–water partition coefficient (Wildman–Crippen LogP) is 1.74. The Morgan fingerprint density at radius 1 is 1.56 bits per heavy atom. The van der Waals surface area contributed by atoms with E-state index in [2.05, 4.69) is 11.1 Å². The van der Waals surface area contributed by atoms with Crippen LogP contribution in [0.2, 0.25) is 0 Å². The number of aryl methyl sites for hydroxylation is 2. The van der Waals surface area contributed by atoms with E-state index in [0.717, 1.165) is 24.4 Å². The van der Waals surface area contributed by atoms with E-state index in [4.69, 9.17) is 14.7 Å². The molecule has 0 aliphatic carbocycles. The zero-order valence-electron chi connectivity index (χ0n) is 9.49. The maximum absolute atomic E-state index is 9.06. The highest BCUT2D eigenvalue weighted by Gasteiger charge is 2.19. The third-order valence-corrected chi connectivity index (χ3v) is 2.59. The molecule has 0 radical (unpaired) electrons. The van der Waals surface area contributed by atoms with Crippen molar-refractivity contribution in [2.45, 2.75) is 26.4 Å². The van der Waals surface area contributed by atoms with Crippen LogP contribution in [-0.2, 0) is 4.74 Å². The van der Waals surface area contributed by atoms with E-state index in [1.165, 1.54) is 0 Å². The molecule has 4 heteroatoms. The zero-order chi connectivity index (χ0) is 11.5. The van der Waals surface area contributed by atoms with E-state index < -0.39 is 0 Å². The van der Waals surface area contributed by atoms with Gasteiger partial charge in [-0.05, 0) is 13.8 Å². The van der Waals surface area contributed by atoms with E-state index >= 15 is 0 Å². The van der Waals surface area contributed by atoms with Crippen molar-refractivity contribution in [3.8, 4) is 11.8 Å². The summed E-state index contributed by atoms with van der Waals surface area (Å²) in [6, 6.07) is 3.95.